The molecule has 1 nitrogen and oxygen atoms in total. The Bertz CT molecular complexity index is 336. The molecule has 0 spiro atoms. The average molecular weight is 265 g/mol. The maximum absolute atomic E-state index is 3.78. The maximum Gasteiger partial charge on any atom is 0.0386 e. The zero-order valence-electron chi connectivity index (χ0n) is 12.0. The van der Waals surface area contributed by atoms with E-state index >= 15 is 0 Å². The van der Waals surface area contributed by atoms with Crippen LogP contribution in [0.4, 0.5) is 0 Å². The van der Waals surface area contributed by atoms with E-state index in [4.69, 9.17) is 0 Å². The van der Waals surface area contributed by atoms with Crippen LogP contribution in [0, 0.1) is 11.3 Å². The van der Waals surface area contributed by atoms with E-state index in [0.717, 1.165) is 5.92 Å². The number of hydrogen-bond donors (Lipinski definition) is 1. The van der Waals surface area contributed by atoms with Gasteiger partial charge in [-0.2, -0.15) is 0 Å². The largest absolute Gasteiger partial charge is 0.309 e. The van der Waals surface area contributed by atoms with Crippen LogP contribution in [0.3, 0.4) is 0 Å². The Labute approximate surface area is 116 Å². The highest BCUT2D eigenvalue weighted by Gasteiger charge is 2.34. The molecule has 2 rings (SSSR count). The van der Waals surface area contributed by atoms with Gasteiger partial charge in [-0.25, -0.2) is 0 Å². The average Bonchev–Trinajstić information content (AvgIpc) is 2.96. The molecule has 1 fully saturated rings. The molecule has 18 heavy (non-hydrogen) atoms. The number of thiophene rings is 1. The lowest BCUT2D eigenvalue weighted by Gasteiger charge is -2.32. The summed E-state index contributed by atoms with van der Waals surface area (Å²) in [6.07, 6.45) is 7.10. The van der Waals surface area contributed by atoms with Crippen molar-refractivity contribution in [3.05, 3.63) is 22.4 Å². The number of hydrogen-bond acceptors (Lipinski definition) is 2. The Morgan fingerprint density at radius 2 is 2.00 bits per heavy atom. The molecule has 2 heteroatoms. The molecular weight excluding hydrogens is 238 g/mol. The second-order valence-electron chi connectivity index (χ2n) is 6.42. The normalized spacial score (nSPS) is 20.4. The minimum absolute atomic E-state index is 0.509. The second-order valence-corrected chi connectivity index (χ2v) is 7.40. The number of rotatable bonds is 6. The molecule has 102 valence electrons. The molecular formula is C16H27NS. The smallest absolute Gasteiger partial charge is 0.0386 e. The summed E-state index contributed by atoms with van der Waals surface area (Å²) in [6.45, 7) is 8.22. The van der Waals surface area contributed by atoms with E-state index in [9.17, 15) is 0 Å². The van der Waals surface area contributed by atoms with Crippen molar-refractivity contribution < 1.29 is 0 Å². The fraction of sp³-hybridized carbons (Fsp3) is 0.750. The summed E-state index contributed by atoms with van der Waals surface area (Å²) in [5, 5.41) is 5.96. The Hall–Kier alpha value is -0.340. The van der Waals surface area contributed by atoms with Gasteiger partial charge in [0.1, 0.15) is 0 Å². The standard InChI is InChI=1S/C16H27NS/c1-13(2)11-16(8-4-5-9-16)12-17-14(3)15-7-6-10-18-15/h6-7,10,13-14,17H,4-5,8-9,11-12H2,1-3H3. The van der Waals surface area contributed by atoms with Gasteiger partial charge in [-0.15, -0.1) is 11.3 Å². The quantitative estimate of drug-likeness (QED) is 0.762. The van der Waals surface area contributed by atoms with E-state index in [0.29, 0.717) is 11.5 Å². The summed E-state index contributed by atoms with van der Waals surface area (Å²) in [4.78, 5) is 1.47. The molecule has 0 aliphatic heterocycles. The van der Waals surface area contributed by atoms with E-state index in [1.54, 1.807) is 0 Å². The van der Waals surface area contributed by atoms with Gasteiger partial charge in [0.15, 0.2) is 0 Å². The van der Waals surface area contributed by atoms with Crippen molar-refractivity contribution in [3.8, 4) is 0 Å². The molecule has 1 heterocycles. The summed E-state index contributed by atoms with van der Waals surface area (Å²) in [7, 11) is 0. The van der Waals surface area contributed by atoms with Crippen LogP contribution in [0.5, 0.6) is 0 Å². The Balaban J connectivity index is 1.90. The molecule has 1 aliphatic carbocycles. The highest BCUT2D eigenvalue weighted by molar-refractivity contribution is 7.10. The van der Waals surface area contributed by atoms with Crippen LogP contribution < -0.4 is 5.32 Å². The zero-order valence-corrected chi connectivity index (χ0v) is 12.9. The van der Waals surface area contributed by atoms with Crippen molar-refractivity contribution in [2.75, 3.05) is 6.54 Å². The van der Waals surface area contributed by atoms with Crippen molar-refractivity contribution in [3.63, 3.8) is 0 Å². The summed E-state index contributed by atoms with van der Waals surface area (Å²) in [5.74, 6) is 0.821. The SMILES string of the molecule is CC(C)CC1(CNC(C)c2cccs2)CCCC1. The van der Waals surface area contributed by atoms with Crippen LogP contribution in [0.1, 0.15) is 63.8 Å². The van der Waals surface area contributed by atoms with Gasteiger partial charge >= 0.3 is 0 Å². The van der Waals surface area contributed by atoms with Crippen molar-refractivity contribution in [1.82, 2.24) is 5.32 Å². The molecule has 0 radical (unpaired) electrons. The van der Waals surface area contributed by atoms with Gasteiger partial charge in [-0.05, 0) is 49.0 Å². The predicted molar refractivity (Wildman–Crippen MR) is 81.1 cm³/mol. The van der Waals surface area contributed by atoms with E-state index in [1.165, 1.54) is 43.5 Å². The van der Waals surface area contributed by atoms with Gasteiger partial charge in [0, 0.05) is 17.5 Å². The monoisotopic (exact) mass is 265 g/mol. The molecule has 0 aromatic carbocycles. The molecule has 1 atom stereocenters. The minimum Gasteiger partial charge on any atom is -0.309 e. The molecule has 1 aromatic rings. The summed E-state index contributed by atoms with van der Waals surface area (Å²) in [5.41, 5.74) is 0.583. The molecule has 0 amide bonds. The number of nitrogens with one attached hydrogen (secondary N) is 1. The first-order chi connectivity index (χ1) is 8.61. The van der Waals surface area contributed by atoms with Crippen LogP contribution in [-0.2, 0) is 0 Å². The lowest BCUT2D eigenvalue weighted by molar-refractivity contribution is 0.217. The third kappa shape index (κ3) is 3.58. The van der Waals surface area contributed by atoms with Crippen LogP contribution in [0.2, 0.25) is 0 Å². The zero-order chi connectivity index (χ0) is 13.0. The molecule has 0 bridgehead atoms. The molecule has 1 unspecified atom stereocenters. The van der Waals surface area contributed by atoms with Gasteiger partial charge in [-0.1, -0.05) is 32.8 Å². The van der Waals surface area contributed by atoms with Crippen molar-refractivity contribution >= 4 is 11.3 Å². The van der Waals surface area contributed by atoms with Gasteiger partial charge in [-0.3, -0.25) is 0 Å². The van der Waals surface area contributed by atoms with E-state index in [1.807, 2.05) is 11.3 Å². The lowest BCUT2D eigenvalue weighted by Crippen LogP contribution is -2.34. The van der Waals surface area contributed by atoms with Crippen molar-refractivity contribution in [2.45, 2.75) is 58.9 Å². The third-order valence-electron chi connectivity index (χ3n) is 4.26. The van der Waals surface area contributed by atoms with Gasteiger partial charge < -0.3 is 5.32 Å². The lowest BCUT2D eigenvalue weighted by atomic mass is 9.78. The van der Waals surface area contributed by atoms with Crippen LogP contribution >= 0.6 is 11.3 Å². The van der Waals surface area contributed by atoms with E-state index in [2.05, 4.69) is 43.6 Å². The van der Waals surface area contributed by atoms with Crippen molar-refractivity contribution in [2.24, 2.45) is 11.3 Å². The fourth-order valence-electron chi connectivity index (χ4n) is 3.45. The van der Waals surface area contributed by atoms with Crippen LogP contribution in [0.25, 0.3) is 0 Å². The Morgan fingerprint density at radius 1 is 1.28 bits per heavy atom. The Morgan fingerprint density at radius 3 is 2.56 bits per heavy atom. The van der Waals surface area contributed by atoms with Gasteiger partial charge in [0.25, 0.3) is 0 Å². The van der Waals surface area contributed by atoms with E-state index in [-0.39, 0.29) is 0 Å². The van der Waals surface area contributed by atoms with Crippen LogP contribution in [0.15, 0.2) is 17.5 Å². The van der Waals surface area contributed by atoms with E-state index < -0.39 is 0 Å². The fourth-order valence-corrected chi connectivity index (χ4v) is 4.21. The molecule has 1 aliphatic rings. The molecule has 1 N–H and O–H groups in total. The van der Waals surface area contributed by atoms with Gasteiger partial charge in [0.05, 0.1) is 0 Å². The first-order valence-corrected chi connectivity index (χ1v) is 8.26. The third-order valence-corrected chi connectivity index (χ3v) is 5.31. The second kappa shape index (κ2) is 6.21. The summed E-state index contributed by atoms with van der Waals surface area (Å²) in [6, 6.07) is 4.90. The highest BCUT2D eigenvalue weighted by atomic mass is 32.1. The van der Waals surface area contributed by atoms with Crippen LogP contribution in [-0.4, -0.2) is 6.54 Å². The van der Waals surface area contributed by atoms with Crippen molar-refractivity contribution in [1.29, 1.82) is 0 Å². The molecule has 0 saturated heterocycles. The molecule has 1 saturated carbocycles. The Kier molecular flexibility index (Phi) is 4.85. The van der Waals surface area contributed by atoms with Gasteiger partial charge in [0.2, 0.25) is 0 Å². The summed E-state index contributed by atoms with van der Waals surface area (Å²) >= 11 is 1.86. The molecule has 1 aromatic heterocycles. The minimum atomic E-state index is 0.509. The first-order valence-electron chi connectivity index (χ1n) is 7.38. The highest BCUT2D eigenvalue weighted by Crippen LogP contribution is 2.43. The predicted octanol–water partition coefficient (Wildman–Crippen LogP) is 5.01. The topological polar surface area (TPSA) is 12.0 Å². The first kappa shape index (κ1) is 14.1. The summed E-state index contributed by atoms with van der Waals surface area (Å²) < 4.78 is 0. The maximum atomic E-state index is 3.78.